The number of carbonyl (C=O) groups excluding carboxylic acids is 1. The maximum atomic E-state index is 13.4. The van der Waals surface area contributed by atoms with Crippen molar-refractivity contribution < 1.29 is 17.9 Å². The van der Waals surface area contributed by atoms with Gasteiger partial charge in [-0.2, -0.15) is 4.31 Å². The molecule has 0 atom stereocenters. The van der Waals surface area contributed by atoms with Crippen molar-refractivity contribution in [3.05, 3.63) is 59.3 Å². The van der Waals surface area contributed by atoms with Crippen LogP contribution in [-0.4, -0.2) is 61.8 Å². The number of aromatic amines is 1. The van der Waals surface area contributed by atoms with Crippen LogP contribution in [0, 0.1) is 6.92 Å². The largest absolute Gasteiger partial charge is 0.497 e. The Kier molecular flexibility index (Phi) is 6.59. The molecule has 1 N–H and O–H groups in total. The van der Waals surface area contributed by atoms with Crippen LogP contribution in [-0.2, 0) is 10.0 Å². The lowest BCUT2D eigenvalue weighted by Crippen LogP contribution is -2.38. The van der Waals surface area contributed by atoms with Crippen molar-refractivity contribution in [1.82, 2.24) is 14.2 Å². The van der Waals surface area contributed by atoms with E-state index >= 15 is 0 Å². The molecule has 3 heterocycles. The molecule has 8 heteroatoms. The summed E-state index contributed by atoms with van der Waals surface area (Å²) in [5.74, 6) is 1.09. The van der Waals surface area contributed by atoms with E-state index in [0.717, 1.165) is 43.4 Å². The molecule has 0 radical (unpaired) electrons. The molecule has 2 fully saturated rings. The first kappa shape index (κ1) is 23.9. The lowest BCUT2D eigenvalue weighted by molar-refractivity contribution is 0.0713. The minimum absolute atomic E-state index is 0.0980. The number of aryl methyl sites for hydroxylation is 1. The van der Waals surface area contributed by atoms with E-state index < -0.39 is 10.0 Å². The maximum Gasteiger partial charge on any atom is 0.253 e. The van der Waals surface area contributed by atoms with E-state index in [2.05, 4.69) is 17.2 Å². The number of carbonyl (C=O) groups is 1. The van der Waals surface area contributed by atoms with E-state index in [4.69, 9.17) is 4.74 Å². The van der Waals surface area contributed by atoms with E-state index in [-0.39, 0.29) is 10.8 Å². The van der Waals surface area contributed by atoms with Gasteiger partial charge in [-0.05, 0) is 80.0 Å². The van der Waals surface area contributed by atoms with Gasteiger partial charge < -0.3 is 14.6 Å². The Morgan fingerprint density at radius 2 is 1.74 bits per heavy atom. The number of methoxy groups -OCH3 is 1. The third kappa shape index (κ3) is 4.57. The number of rotatable bonds is 5. The zero-order chi connectivity index (χ0) is 24.6. The van der Waals surface area contributed by atoms with Crippen molar-refractivity contribution in [2.75, 3.05) is 33.3 Å². The zero-order valence-electron chi connectivity index (χ0n) is 20.4. The zero-order valence-corrected chi connectivity index (χ0v) is 21.2. The van der Waals surface area contributed by atoms with Gasteiger partial charge in [-0.15, -0.1) is 0 Å². The van der Waals surface area contributed by atoms with Crippen molar-refractivity contribution >= 4 is 26.8 Å². The summed E-state index contributed by atoms with van der Waals surface area (Å²) in [6.07, 6.45) is 6.63. The van der Waals surface area contributed by atoms with Crippen molar-refractivity contribution in [2.24, 2.45) is 0 Å². The van der Waals surface area contributed by atoms with Crippen LogP contribution >= 0.6 is 0 Å². The Labute approximate surface area is 207 Å². The molecule has 0 unspecified atom stereocenters. The highest BCUT2D eigenvalue weighted by molar-refractivity contribution is 7.89. The number of sulfonamides is 1. The molecule has 0 aliphatic carbocycles. The molecule has 186 valence electrons. The molecule has 2 saturated heterocycles. The van der Waals surface area contributed by atoms with E-state index in [9.17, 15) is 13.2 Å². The number of hydrogen-bond donors (Lipinski definition) is 1. The molecule has 1 amide bonds. The smallest absolute Gasteiger partial charge is 0.253 e. The number of benzene rings is 2. The molecule has 2 aliphatic heterocycles. The highest BCUT2D eigenvalue weighted by Gasteiger charge is 2.30. The van der Waals surface area contributed by atoms with Crippen molar-refractivity contribution in [2.45, 2.75) is 49.8 Å². The standard InChI is InChI=1S/C27H33N3O4S/c1-19-6-7-21(16-26(19)35(32,33)30-12-4-3-5-13-30)27(31)29-14-10-20(11-15-29)24-18-28-25-9-8-22(34-2)17-23(24)25/h6-9,16-18,20,28H,3-5,10-15H2,1-2H3. The second-order valence-electron chi connectivity index (χ2n) is 9.67. The average Bonchev–Trinajstić information content (AvgIpc) is 3.32. The molecule has 2 aromatic carbocycles. The summed E-state index contributed by atoms with van der Waals surface area (Å²) in [4.78, 5) is 18.8. The fourth-order valence-corrected chi connectivity index (χ4v) is 7.19. The summed E-state index contributed by atoms with van der Waals surface area (Å²) in [5.41, 5.74) is 3.47. The fraction of sp³-hybridized carbons (Fsp3) is 0.444. The molecule has 5 rings (SSSR count). The predicted molar refractivity (Wildman–Crippen MR) is 137 cm³/mol. The van der Waals surface area contributed by atoms with Gasteiger partial charge in [-0.25, -0.2) is 8.42 Å². The molecule has 2 aliphatic rings. The summed E-state index contributed by atoms with van der Waals surface area (Å²) in [6.45, 7) is 4.18. The number of piperidine rings is 2. The van der Waals surface area contributed by atoms with Gasteiger partial charge in [0.15, 0.2) is 0 Å². The fourth-order valence-electron chi connectivity index (χ4n) is 5.42. The van der Waals surface area contributed by atoms with Gasteiger partial charge in [0.05, 0.1) is 12.0 Å². The van der Waals surface area contributed by atoms with Gasteiger partial charge in [0, 0.05) is 48.8 Å². The number of ether oxygens (including phenoxy) is 1. The van der Waals surface area contributed by atoms with Crippen LogP contribution < -0.4 is 4.74 Å². The minimum Gasteiger partial charge on any atom is -0.497 e. The molecule has 3 aromatic rings. The van der Waals surface area contributed by atoms with Gasteiger partial charge in [0.1, 0.15) is 5.75 Å². The number of fused-ring (bicyclic) bond motifs is 1. The SMILES string of the molecule is COc1ccc2[nH]cc(C3CCN(C(=O)c4ccc(C)c(S(=O)(=O)N5CCCCC5)c4)CC3)c2c1. The quantitative estimate of drug-likeness (QED) is 0.557. The molecule has 1 aromatic heterocycles. The average molecular weight is 496 g/mol. The summed E-state index contributed by atoms with van der Waals surface area (Å²) in [5, 5.41) is 1.17. The molecule has 35 heavy (non-hydrogen) atoms. The molecule has 0 spiro atoms. The van der Waals surface area contributed by atoms with Crippen LogP contribution in [0.5, 0.6) is 5.75 Å². The van der Waals surface area contributed by atoms with E-state index in [0.29, 0.717) is 43.2 Å². The third-order valence-corrected chi connectivity index (χ3v) is 9.55. The van der Waals surface area contributed by atoms with Crippen LogP contribution in [0.3, 0.4) is 0 Å². The normalized spacial score (nSPS) is 18.2. The third-order valence-electron chi connectivity index (χ3n) is 7.51. The molecule has 7 nitrogen and oxygen atoms in total. The Morgan fingerprint density at radius 1 is 1.00 bits per heavy atom. The van der Waals surface area contributed by atoms with Crippen LogP contribution in [0.15, 0.2) is 47.5 Å². The highest BCUT2D eigenvalue weighted by atomic mass is 32.2. The topological polar surface area (TPSA) is 82.7 Å². The minimum atomic E-state index is -3.60. The second-order valence-corrected chi connectivity index (χ2v) is 11.6. The molecular formula is C27H33N3O4S. The number of nitrogens with one attached hydrogen (secondary N) is 1. The number of hydrogen-bond acceptors (Lipinski definition) is 4. The monoisotopic (exact) mass is 495 g/mol. The number of amides is 1. The summed E-state index contributed by atoms with van der Waals surface area (Å²) in [7, 11) is -1.92. The lowest BCUT2D eigenvalue weighted by atomic mass is 9.89. The first-order valence-corrected chi connectivity index (χ1v) is 13.9. The molecular weight excluding hydrogens is 462 g/mol. The van der Waals surface area contributed by atoms with Gasteiger partial charge in [-0.3, -0.25) is 4.79 Å². The molecule has 0 bridgehead atoms. The number of nitrogens with zero attached hydrogens (tertiary/aromatic N) is 2. The summed E-state index contributed by atoms with van der Waals surface area (Å²) >= 11 is 0. The van der Waals surface area contributed by atoms with Crippen LogP contribution in [0.25, 0.3) is 10.9 Å². The van der Waals surface area contributed by atoms with Crippen LogP contribution in [0.4, 0.5) is 0 Å². The number of H-pyrrole nitrogens is 1. The highest BCUT2D eigenvalue weighted by Crippen LogP contribution is 2.35. The Balaban J connectivity index is 1.31. The first-order chi connectivity index (χ1) is 16.9. The second kappa shape index (κ2) is 9.66. The van der Waals surface area contributed by atoms with Crippen molar-refractivity contribution in [3.8, 4) is 5.75 Å². The summed E-state index contributed by atoms with van der Waals surface area (Å²) in [6, 6.07) is 11.1. The predicted octanol–water partition coefficient (Wildman–Crippen LogP) is 4.68. The van der Waals surface area contributed by atoms with Gasteiger partial charge in [0.25, 0.3) is 5.91 Å². The first-order valence-electron chi connectivity index (χ1n) is 12.4. The number of likely N-dealkylation sites (tertiary alicyclic amines) is 1. The lowest BCUT2D eigenvalue weighted by Gasteiger charge is -2.32. The van der Waals surface area contributed by atoms with Gasteiger partial charge >= 0.3 is 0 Å². The molecule has 0 saturated carbocycles. The van der Waals surface area contributed by atoms with Crippen molar-refractivity contribution in [3.63, 3.8) is 0 Å². The van der Waals surface area contributed by atoms with E-state index in [1.54, 1.807) is 36.5 Å². The van der Waals surface area contributed by atoms with Crippen molar-refractivity contribution in [1.29, 1.82) is 0 Å². The van der Waals surface area contributed by atoms with E-state index in [1.807, 2.05) is 17.0 Å². The van der Waals surface area contributed by atoms with Gasteiger partial charge in [0.2, 0.25) is 10.0 Å². The maximum absolute atomic E-state index is 13.4. The Morgan fingerprint density at radius 3 is 2.46 bits per heavy atom. The Hall–Kier alpha value is -2.84. The van der Waals surface area contributed by atoms with Crippen LogP contribution in [0.2, 0.25) is 0 Å². The Bertz CT molecular complexity index is 1330. The van der Waals surface area contributed by atoms with Crippen LogP contribution in [0.1, 0.15) is 59.5 Å². The summed E-state index contributed by atoms with van der Waals surface area (Å²) < 4.78 is 33.5. The van der Waals surface area contributed by atoms with E-state index in [1.165, 1.54) is 10.9 Å². The van der Waals surface area contributed by atoms with Gasteiger partial charge in [-0.1, -0.05) is 12.5 Å². The number of aromatic nitrogens is 1.